The number of carboxylic acids is 1. The third-order valence-electron chi connectivity index (χ3n) is 3.06. The Labute approximate surface area is 110 Å². The Morgan fingerprint density at radius 2 is 2.32 bits per heavy atom. The van der Waals surface area contributed by atoms with E-state index in [1.54, 1.807) is 0 Å². The average molecular weight is 264 g/mol. The summed E-state index contributed by atoms with van der Waals surface area (Å²) in [6.45, 7) is 2.58. The maximum absolute atomic E-state index is 12.0. The monoisotopic (exact) mass is 264 g/mol. The predicted molar refractivity (Wildman–Crippen MR) is 67.1 cm³/mol. The number of aromatic nitrogens is 1. The van der Waals surface area contributed by atoms with Crippen LogP contribution in [0, 0.1) is 0 Å². The number of carbonyl (C=O) groups is 2. The van der Waals surface area contributed by atoms with E-state index in [0.29, 0.717) is 6.61 Å². The van der Waals surface area contributed by atoms with Gasteiger partial charge in [0.25, 0.3) is 5.91 Å². The minimum absolute atomic E-state index is 0.0477. The molecule has 0 radical (unpaired) electrons. The first-order valence-electron chi connectivity index (χ1n) is 6.18. The van der Waals surface area contributed by atoms with Crippen LogP contribution in [0.3, 0.4) is 0 Å². The summed E-state index contributed by atoms with van der Waals surface area (Å²) < 4.78 is 5.40. The van der Waals surface area contributed by atoms with E-state index in [0.717, 1.165) is 12.8 Å². The van der Waals surface area contributed by atoms with Crippen molar-refractivity contribution in [2.75, 3.05) is 6.61 Å². The Bertz CT molecular complexity index is 489. The molecule has 2 rings (SSSR count). The van der Waals surface area contributed by atoms with Gasteiger partial charge in [-0.1, -0.05) is 0 Å². The maximum atomic E-state index is 12.0. The van der Waals surface area contributed by atoms with Gasteiger partial charge in [-0.2, -0.15) is 0 Å². The molecule has 2 unspecified atom stereocenters. The van der Waals surface area contributed by atoms with E-state index in [9.17, 15) is 9.59 Å². The summed E-state index contributed by atoms with van der Waals surface area (Å²) in [6.07, 6.45) is 2.96. The van der Waals surface area contributed by atoms with E-state index in [4.69, 9.17) is 9.84 Å². The number of rotatable bonds is 3. The molecule has 19 heavy (non-hydrogen) atoms. The molecule has 6 nitrogen and oxygen atoms in total. The Morgan fingerprint density at radius 3 is 3.00 bits per heavy atom. The molecule has 0 saturated carbocycles. The lowest BCUT2D eigenvalue weighted by Gasteiger charge is -2.27. The number of pyridine rings is 1. The third kappa shape index (κ3) is 3.51. The average Bonchev–Trinajstić information content (AvgIpc) is 2.39. The minimum atomic E-state index is -1.07. The van der Waals surface area contributed by atoms with Gasteiger partial charge in [0.2, 0.25) is 0 Å². The molecule has 1 aromatic heterocycles. The second-order valence-corrected chi connectivity index (χ2v) is 4.61. The number of ether oxygens (including phenoxy) is 1. The van der Waals surface area contributed by atoms with Gasteiger partial charge in [0, 0.05) is 18.8 Å². The summed E-state index contributed by atoms with van der Waals surface area (Å²) in [4.78, 5) is 26.7. The Morgan fingerprint density at radius 1 is 1.53 bits per heavy atom. The van der Waals surface area contributed by atoms with Crippen LogP contribution in [0.2, 0.25) is 0 Å². The lowest BCUT2D eigenvalue weighted by Crippen LogP contribution is -2.41. The van der Waals surface area contributed by atoms with Crippen molar-refractivity contribution in [3.05, 3.63) is 29.6 Å². The first-order chi connectivity index (χ1) is 9.06. The second-order valence-electron chi connectivity index (χ2n) is 4.61. The first kappa shape index (κ1) is 13.5. The summed E-state index contributed by atoms with van der Waals surface area (Å²) in [5.41, 5.74) is 0.180. The van der Waals surface area contributed by atoms with Crippen LogP contribution in [0.25, 0.3) is 0 Å². The van der Waals surface area contributed by atoms with Gasteiger partial charge in [0.15, 0.2) is 0 Å². The number of hydrogen-bond acceptors (Lipinski definition) is 4. The fourth-order valence-corrected chi connectivity index (χ4v) is 2.08. The van der Waals surface area contributed by atoms with Crippen LogP contribution in [0.4, 0.5) is 0 Å². The van der Waals surface area contributed by atoms with Gasteiger partial charge in [-0.15, -0.1) is 0 Å². The summed E-state index contributed by atoms with van der Waals surface area (Å²) >= 11 is 0. The zero-order chi connectivity index (χ0) is 13.8. The van der Waals surface area contributed by atoms with Gasteiger partial charge in [0.05, 0.1) is 11.7 Å². The second kappa shape index (κ2) is 5.79. The van der Waals surface area contributed by atoms with Crippen LogP contribution in [0.5, 0.6) is 0 Å². The third-order valence-corrected chi connectivity index (χ3v) is 3.06. The molecular formula is C13H16N2O4. The highest BCUT2D eigenvalue weighted by Crippen LogP contribution is 2.13. The quantitative estimate of drug-likeness (QED) is 0.852. The lowest BCUT2D eigenvalue weighted by atomic mass is 10.0. The maximum Gasteiger partial charge on any atom is 0.335 e. The summed E-state index contributed by atoms with van der Waals surface area (Å²) in [7, 11) is 0. The number of nitrogens with one attached hydrogen (secondary N) is 1. The molecule has 0 aliphatic carbocycles. The number of nitrogens with zero attached hydrogens (tertiary/aromatic N) is 1. The summed E-state index contributed by atoms with van der Waals surface area (Å²) in [6, 6.07) is 2.68. The van der Waals surface area contributed by atoms with Gasteiger partial charge >= 0.3 is 5.97 Å². The number of hydrogen-bond donors (Lipinski definition) is 2. The van der Waals surface area contributed by atoms with Crippen LogP contribution in [0.15, 0.2) is 18.3 Å². The molecule has 2 atom stereocenters. The van der Waals surface area contributed by atoms with Gasteiger partial charge in [0.1, 0.15) is 5.69 Å². The molecular weight excluding hydrogens is 248 g/mol. The molecule has 0 aromatic carbocycles. The molecule has 1 saturated heterocycles. The van der Waals surface area contributed by atoms with Crippen molar-refractivity contribution in [3.63, 3.8) is 0 Å². The Hall–Kier alpha value is -1.95. The van der Waals surface area contributed by atoms with E-state index in [1.807, 2.05) is 6.92 Å². The SMILES string of the molecule is CC1CC(NC(=O)c2cc(C(=O)O)ccn2)CCO1. The molecule has 2 heterocycles. The van der Waals surface area contributed by atoms with Crippen LogP contribution < -0.4 is 5.32 Å². The van der Waals surface area contributed by atoms with Crippen molar-refractivity contribution in [2.24, 2.45) is 0 Å². The van der Waals surface area contributed by atoms with Gasteiger partial charge in [-0.05, 0) is 31.9 Å². The smallest absolute Gasteiger partial charge is 0.335 e. The van der Waals surface area contributed by atoms with Crippen molar-refractivity contribution >= 4 is 11.9 Å². The van der Waals surface area contributed by atoms with E-state index in [2.05, 4.69) is 10.3 Å². The van der Waals surface area contributed by atoms with E-state index >= 15 is 0 Å². The molecule has 1 aliphatic rings. The number of amides is 1. The van der Waals surface area contributed by atoms with Crippen molar-refractivity contribution in [2.45, 2.75) is 31.9 Å². The van der Waals surface area contributed by atoms with Crippen molar-refractivity contribution in [1.82, 2.24) is 10.3 Å². The summed E-state index contributed by atoms with van der Waals surface area (Å²) in [5, 5.41) is 11.7. The lowest BCUT2D eigenvalue weighted by molar-refractivity contribution is 0.0136. The fraction of sp³-hybridized carbons (Fsp3) is 0.462. The van der Waals surface area contributed by atoms with Crippen LogP contribution >= 0.6 is 0 Å². The van der Waals surface area contributed by atoms with Crippen molar-refractivity contribution < 1.29 is 19.4 Å². The van der Waals surface area contributed by atoms with Crippen molar-refractivity contribution in [1.29, 1.82) is 0 Å². The zero-order valence-corrected chi connectivity index (χ0v) is 10.6. The number of carboxylic acid groups (broad SMARTS) is 1. The number of carbonyl (C=O) groups excluding carboxylic acids is 1. The highest BCUT2D eigenvalue weighted by atomic mass is 16.5. The van der Waals surface area contributed by atoms with E-state index < -0.39 is 5.97 Å². The molecule has 0 bridgehead atoms. The standard InChI is InChI=1S/C13H16N2O4/c1-8-6-10(3-5-19-8)15-12(16)11-7-9(13(17)18)2-4-14-11/h2,4,7-8,10H,3,5-6H2,1H3,(H,15,16)(H,17,18). The van der Waals surface area contributed by atoms with E-state index in [1.165, 1.54) is 18.3 Å². The largest absolute Gasteiger partial charge is 0.478 e. The molecule has 0 spiro atoms. The fourth-order valence-electron chi connectivity index (χ4n) is 2.08. The van der Waals surface area contributed by atoms with Crippen LogP contribution in [-0.4, -0.2) is 40.7 Å². The molecule has 1 aliphatic heterocycles. The van der Waals surface area contributed by atoms with Gasteiger partial charge in [-0.3, -0.25) is 9.78 Å². The molecule has 102 valence electrons. The predicted octanol–water partition coefficient (Wildman–Crippen LogP) is 1.08. The van der Waals surface area contributed by atoms with Crippen molar-refractivity contribution in [3.8, 4) is 0 Å². The minimum Gasteiger partial charge on any atom is -0.478 e. The molecule has 2 N–H and O–H groups in total. The highest BCUT2D eigenvalue weighted by molar-refractivity contribution is 5.95. The summed E-state index contributed by atoms with van der Waals surface area (Å²) in [5.74, 6) is -1.42. The molecule has 6 heteroatoms. The molecule has 1 aromatic rings. The normalized spacial score (nSPS) is 22.8. The van der Waals surface area contributed by atoms with Gasteiger partial charge < -0.3 is 15.2 Å². The van der Waals surface area contributed by atoms with Crippen LogP contribution in [0.1, 0.15) is 40.6 Å². The molecule has 1 fully saturated rings. The molecule has 1 amide bonds. The van der Waals surface area contributed by atoms with Gasteiger partial charge in [-0.25, -0.2) is 4.79 Å². The highest BCUT2D eigenvalue weighted by Gasteiger charge is 2.22. The topological polar surface area (TPSA) is 88.5 Å². The van der Waals surface area contributed by atoms with Crippen LogP contribution in [-0.2, 0) is 4.74 Å². The number of aromatic carboxylic acids is 1. The Kier molecular flexibility index (Phi) is 4.11. The zero-order valence-electron chi connectivity index (χ0n) is 10.6. The van der Waals surface area contributed by atoms with E-state index in [-0.39, 0.29) is 29.3 Å². The Balaban J connectivity index is 2.03. The first-order valence-corrected chi connectivity index (χ1v) is 6.18.